The summed E-state index contributed by atoms with van der Waals surface area (Å²) >= 11 is 12.1. The summed E-state index contributed by atoms with van der Waals surface area (Å²) in [6.45, 7) is 1.53. The first-order chi connectivity index (χ1) is 17.3. The lowest BCUT2D eigenvalue weighted by Gasteiger charge is -2.27. The normalized spacial score (nSPS) is 12.1. The number of amides is 1. The van der Waals surface area contributed by atoms with Crippen LogP contribution in [0.4, 0.5) is 5.69 Å². The number of hydrogen-bond acceptors (Lipinski definition) is 3. The average molecular weight is 539 g/mol. The summed E-state index contributed by atoms with van der Waals surface area (Å²) in [5.74, 6) is -0.468. The van der Waals surface area contributed by atoms with E-state index in [0.29, 0.717) is 10.0 Å². The molecule has 5 nitrogen and oxygen atoms in total. The molecule has 4 aromatic rings. The molecule has 8 heteroatoms. The second-order valence-electron chi connectivity index (χ2n) is 8.21. The number of carbonyl (C=O) groups excluding carboxylic acids is 1. The van der Waals surface area contributed by atoms with E-state index in [1.54, 1.807) is 18.2 Å². The van der Waals surface area contributed by atoms with E-state index in [-0.39, 0.29) is 10.6 Å². The van der Waals surface area contributed by atoms with Gasteiger partial charge in [-0.05, 0) is 66.1 Å². The fraction of sp³-hybridized carbons (Fsp3) is 0.107. The van der Waals surface area contributed by atoms with Crippen LogP contribution in [0.2, 0.25) is 10.0 Å². The predicted molar refractivity (Wildman–Crippen MR) is 145 cm³/mol. The average Bonchev–Trinajstić information content (AvgIpc) is 2.87. The second-order valence-corrected chi connectivity index (χ2v) is 10.9. The molecule has 0 radical (unpaired) electrons. The van der Waals surface area contributed by atoms with Gasteiger partial charge < -0.3 is 5.32 Å². The fourth-order valence-corrected chi connectivity index (χ4v) is 5.64. The van der Waals surface area contributed by atoms with Gasteiger partial charge in [0.2, 0.25) is 5.91 Å². The number of hydrogen-bond donors (Lipinski definition) is 1. The minimum absolute atomic E-state index is 0.0122. The van der Waals surface area contributed by atoms with Crippen LogP contribution in [0.3, 0.4) is 0 Å². The standard InChI is InChI=1S/C28H24Cl2N2O3S/c1-20-8-5-6-13-26(20)28(21-9-3-2-4-10-21)31-27(33)19-32(24-12-7-11-23(30)18-24)36(34,35)25-16-14-22(29)15-17-25/h2-18,28H,19H2,1H3,(H,31,33)/t28-/m0/s1. The van der Waals surface area contributed by atoms with Gasteiger partial charge in [-0.2, -0.15) is 0 Å². The predicted octanol–water partition coefficient (Wildman–Crippen LogP) is 6.40. The molecule has 0 heterocycles. The molecule has 1 atom stereocenters. The smallest absolute Gasteiger partial charge is 0.264 e. The van der Waals surface area contributed by atoms with E-state index in [1.807, 2.05) is 61.5 Å². The molecule has 184 valence electrons. The Balaban J connectivity index is 1.70. The number of anilines is 1. The van der Waals surface area contributed by atoms with Crippen molar-refractivity contribution in [2.45, 2.75) is 17.9 Å². The van der Waals surface area contributed by atoms with Crippen molar-refractivity contribution in [2.24, 2.45) is 0 Å². The maximum Gasteiger partial charge on any atom is 0.264 e. The number of rotatable bonds is 8. The Morgan fingerprint density at radius 3 is 2.17 bits per heavy atom. The quantitative estimate of drug-likeness (QED) is 0.282. The Bertz CT molecular complexity index is 1460. The summed E-state index contributed by atoms with van der Waals surface area (Å²) in [5.41, 5.74) is 3.09. The van der Waals surface area contributed by atoms with Gasteiger partial charge in [-0.25, -0.2) is 8.42 Å². The second kappa shape index (κ2) is 11.2. The Labute approximate surface area is 221 Å². The van der Waals surface area contributed by atoms with E-state index >= 15 is 0 Å². The van der Waals surface area contributed by atoms with Crippen molar-refractivity contribution in [3.63, 3.8) is 0 Å². The maximum absolute atomic E-state index is 13.6. The molecule has 0 spiro atoms. The van der Waals surface area contributed by atoms with Crippen LogP contribution in [-0.2, 0) is 14.8 Å². The van der Waals surface area contributed by atoms with E-state index in [9.17, 15) is 13.2 Å². The third-order valence-corrected chi connectivity index (χ3v) is 8.00. The number of benzene rings is 4. The first-order valence-corrected chi connectivity index (χ1v) is 13.4. The Hall–Kier alpha value is -3.32. The van der Waals surface area contributed by atoms with Crippen molar-refractivity contribution in [1.82, 2.24) is 5.32 Å². The van der Waals surface area contributed by atoms with Gasteiger partial charge in [0.05, 0.1) is 16.6 Å². The summed E-state index contributed by atoms with van der Waals surface area (Å²) in [6, 6.07) is 29.1. The largest absolute Gasteiger partial charge is 0.344 e. The summed E-state index contributed by atoms with van der Waals surface area (Å²) in [5, 5.41) is 3.80. The van der Waals surface area contributed by atoms with Crippen LogP contribution in [0, 0.1) is 6.92 Å². The molecule has 0 saturated heterocycles. The van der Waals surface area contributed by atoms with Crippen molar-refractivity contribution in [2.75, 3.05) is 10.8 Å². The molecule has 0 aliphatic carbocycles. The number of carbonyl (C=O) groups is 1. The Morgan fingerprint density at radius 1 is 0.833 bits per heavy atom. The van der Waals surface area contributed by atoms with E-state index in [0.717, 1.165) is 21.0 Å². The van der Waals surface area contributed by atoms with Gasteiger partial charge in [-0.3, -0.25) is 9.10 Å². The zero-order chi connectivity index (χ0) is 25.7. The van der Waals surface area contributed by atoms with Crippen molar-refractivity contribution >= 4 is 44.8 Å². The van der Waals surface area contributed by atoms with E-state index < -0.39 is 28.5 Å². The first kappa shape index (κ1) is 25.8. The highest BCUT2D eigenvalue weighted by Crippen LogP contribution is 2.28. The SMILES string of the molecule is Cc1ccccc1[C@@H](NC(=O)CN(c1cccc(Cl)c1)S(=O)(=O)c1ccc(Cl)cc1)c1ccccc1. The molecule has 36 heavy (non-hydrogen) atoms. The van der Waals surface area contributed by atoms with Crippen LogP contribution in [0.5, 0.6) is 0 Å². The lowest BCUT2D eigenvalue weighted by Crippen LogP contribution is -2.42. The molecule has 0 unspecified atom stereocenters. The number of nitrogens with one attached hydrogen (secondary N) is 1. The van der Waals surface area contributed by atoms with Gasteiger partial charge in [-0.15, -0.1) is 0 Å². The third-order valence-electron chi connectivity index (χ3n) is 5.72. The topological polar surface area (TPSA) is 66.5 Å². The van der Waals surface area contributed by atoms with Crippen LogP contribution in [0.1, 0.15) is 22.7 Å². The van der Waals surface area contributed by atoms with E-state index in [1.165, 1.54) is 30.3 Å². The van der Waals surface area contributed by atoms with Gasteiger partial charge in [-0.1, -0.05) is 83.9 Å². The first-order valence-electron chi connectivity index (χ1n) is 11.2. The van der Waals surface area contributed by atoms with Crippen LogP contribution in [0.15, 0.2) is 108 Å². The monoisotopic (exact) mass is 538 g/mol. The highest BCUT2D eigenvalue weighted by Gasteiger charge is 2.29. The number of aryl methyl sites for hydroxylation is 1. The zero-order valence-corrected chi connectivity index (χ0v) is 21.8. The van der Waals surface area contributed by atoms with Crippen LogP contribution >= 0.6 is 23.2 Å². The van der Waals surface area contributed by atoms with E-state index in [4.69, 9.17) is 23.2 Å². The van der Waals surface area contributed by atoms with Gasteiger partial charge in [0, 0.05) is 10.0 Å². The maximum atomic E-state index is 13.6. The molecule has 0 saturated carbocycles. The molecule has 0 fully saturated rings. The van der Waals surface area contributed by atoms with Crippen molar-refractivity contribution in [3.05, 3.63) is 130 Å². The molecule has 4 aromatic carbocycles. The molecule has 1 amide bonds. The summed E-state index contributed by atoms with van der Waals surface area (Å²) in [7, 11) is -4.10. The van der Waals surface area contributed by atoms with Crippen LogP contribution < -0.4 is 9.62 Å². The Morgan fingerprint density at radius 2 is 1.50 bits per heavy atom. The van der Waals surface area contributed by atoms with Crippen molar-refractivity contribution in [1.29, 1.82) is 0 Å². The van der Waals surface area contributed by atoms with Gasteiger partial charge >= 0.3 is 0 Å². The lowest BCUT2D eigenvalue weighted by atomic mass is 9.95. The Kier molecular flexibility index (Phi) is 7.99. The highest BCUT2D eigenvalue weighted by molar-refractivity contribution is 7.92. The summed E-state index contributed by atoms with van der Waals surface area (Å²) in [4.78, 5) is 13.5. The molecule has 4 rings (SSSR count). The fourth-order valence-electron chi connectivity index (χ4n) is 3.91. The molecule has 0 bridgehead atoms. The minimum atomic E-state index is -4.10. The molecule has 0 aromatic heterocycles. The third kappa shape index (κ3) is 5.90. The van der Waals surface area contributed by atoms with Crippen LogP contribution in [-0.4, -0.2) is 20.9 Å². The zero-order valence-electron chi connectivity index (χ0n) is 19.4. The van der Waals surface area contributed by atoms with Crippen molar-refractivity contribution in [3.8, 4) is 0 Å². The highest BCUT2D eigenvalue weighted by atomic mass is 35.5. The summed E-state index contributed by atoms with van der Waals surface area (Å²) in [6.07, 6.45) is 0. The molecule has 0 aliphatic rings. The van der Waals surface area contributed by atoms with E-state index in [2.05, 4.69) is 5.32 Å². The van der Waals surface area contributed by atoms with Gasteiger partial charge in [0.1, 0.15) is 6.54 Å². The van der Waals surface area contributed by atoms with Gasteiger partial charge in [0.25, 0.3) is 10.0 Å². The molecule has 0 aliphatic heterocycles. The molecular weight excluding hydrogens is 515 g/mol. The number of nitrogens with zero attached hydrogens (tertiary/aromatic N) is 1. The minimum Gasteiger partial charge on any atom is -0.344 e. The molecule has 1 N–H and O–H groups in total. The van der Waals surface area contributed by atoms with Crippen molar-refractivity contribution < 1.29 is 13.2 Å². The summed E-state index contributed by atoms with van der Waals surface area (Å²) < 4.78 is 28.3. The van der Waals surface area contributed by atoms with Crippen LogP contribution in [0.25, 0.3) is 0 Å². The van der Waals surface area contributed by atoms with Gasteiger partial charge in [0.15, 0.2) is 0 Å². The number of sulfonamides is 1. The number of halogens is 2. The lowest BCUT2D eigenvalue weighted by molar-refractivity contribution is -0.120. The molecular formula is C28H24Cl2N2O3S.